The van der Waals surface area contributed by atoms with Gasteiger partial charge in [0.15, 0.2) is 5.82 Å². The first-order valence-electron chi connectivity index (χ1n) is 8.54. The summed E-state index contributed by atoms with van der Waals surface area (Å²) in [6, 6.07) is 9.92. The third kappa shape index (κ3) is 3.20. The number of hydrogen-bond donors (Lipinski definition) is 0. The minimum absolute atomic E-state index is 0.173. The van der Waals surface area contributed by atoms with Crippen molar-refractivity contribution in [3.05, 3.63) is 59.8 Å². The molecule has 25 heavy (non-hydrogen) atoms. The van der Waals surface area contributed by atoms with Crippen LogP contribution in [-0.2, 0) is 0 Å². The zero-order valence-electron chi connectivity index (χ0n) is 14.4. The van der Waals surface area contributed by atoms with E-state index in [9.17, 15) is 0 Å². The third-order valence-electron chi connectivity index (χ3n) is 4.39. The van der Waals surface area contributed by atoms with Crippen LogP contribution >= 0.6 is 0 Å². The van der Waals surface area contributed by atoms with Gasteiger partial charge in [0.2, 0.25) is 5.95 Å². The molecule has 0 saturated carbocycles. The van der Waals surface area contributed by atoms with Crippen LogP contribution in [0.4, 0.5) is 5.95 Å². The van der Waals surface area contributed by atoms with Crippen molar-refractivity contribution in [1.29, 1.82) is 0 Å². The Balaban J connectivity index is 1.69. The van der Waals surface area contributed by atoms with Crippen LogP contribution in [0.1, 0.15) is 36.0 Å². The van der Waals surface area contributed by atoms with E-state index >= 15 is 0 Å². The number of aromatic nitrogens is 5. The van der Waals surface area contributed by atoms with Crippen LogP contribution in [0.15, 0.2) is 42.7 Å². The van der Waals surface area contributed by atoms with Gasteiger partial charge in [0, 0.05) is 30.3 Å². The molecule has 1 aliphatic heterocycles. The summed E-state index contributed by atoms with van der Waals surface area (Å²) in [5, 5.41) is 0. The van der Waals surface area contributed by atoms with Crippen molar-refractivity contribution < 1.29 is 0 Å². The zero-order valence-corrected chi connectivity index (χ0v) is 14.4. The van der Waals surface area contributed by atoms with E-state index in [2.05, 4.69) is 24.8 Å². The van der Waals surface area contributed by atoms with Crippen molar-refractivity contribution in [2.75, 3.05) is 11.4 Å². The summed E-state index contributed by atoms with van der Waals surface area (Å²) in [6.45, 7) is 4.96. The van der Waals surface area contributed by atoms with Crippen molar-refractivity contribution in [1.82, 2.24) is 24.9 Å². The van der Waals surface area contributed by atoms with Gasteiger partial charge in [0.25, 0.3) is 0 Å². The van der Waals surface area contributed by atoms with E-state index in [0.29, 0.717) is 5.82 Å². The molecule has 0 aliphatic carbocycles. The highest BCUT2D eigenvalue weighted by atomic mass is 15.3. The van der Waals surface area contributed by atoms with Gasteiger partial charge in [0.1, 0.15) is 5.69 Å². The second-order valence-corrected chi connectivity index (χ2v) is 6.32. The monoisotopic (exact) mass is 332 g/mol. The predicted octanol–water partition coefficient (Wildman–Crippen LogP) is 3.29. The van der Waals surface area contributed by atoms with Crippen LogP contribution in [0, 0.1) is 13.8 Å². The third-order valence-corrected chi connectivity index (χ3v) is 4.39. The van der Waals surface area contributed by atoms with Gasteiger partial charge < -0.3 is 4.90 Å². The second-order valence-electron chi connectivity index (χ2n) is 6.32. The van der Waals surface area contributed by atoms with Crippen LogP contribution in [0.5, 0.6) is 0 Å². The number of rotatable bonds is 3. The SMILES string of the molecule is Cc1cc(C)nc(N2CCC[C@H]2c2ccnc(-c3ccccn3)n2)n1. The molecule has 0 aromatic carbocycles. The Bertz CT molecular complexity index is 860. The lowest BCUT2D eigenvalue weighted by Crippen LogP contribution is -2.26. The fraction of sp³-hybridized carbons (Fsp3) is 0.316. The number of nitrogens with zero attached hydrogens (tertiary/aromatic N) is 6. The number of aryl methyl sites for hydroxylation is 2. The first-order chi connectivity index (χ1) is 12.2. The van der Waals surface area contributed by atoms with Gasteiger partial charge in [0.05, 0.1) is 11.7 Å². The Morgan fingerprint density at radius 2 is 1.80 bits per heavy atom. The van der Waals surface area contributed by atoms with Gasteiger partial charge in [-0.05, 0) is 51.0 Å². The molecule has 4 heterocycles. The standard InChI is InChI=1S/C19H20N6/c1-13-12-14(2)23-19(22-13)25-11-5-7-17(25)15-8-10-21-18(24-15)16-6-3-4-9-20-16/h3-4,6,8-10,12,17H,5,7,11H2,1-2H3/t17-/m0/s1. The highest BCUT2D eigenvalue weighted by Crippen LogP contribution is 2.34. The molecule has 126 valence electrons. The average Bonchev–Trinajstić information content (AvgIpc) is 3.12. The zero-order chi connectivity index (χ0) is 17.2. The molecule has 3 aromatic heterocycles. The van der Waals surface area contributed by atoms with Gasteiger partial charge in [-0.15, -0.1) is 0 Å². The van der Waals surface area contributed by atoms with Gasteiger partial charge in [-0.3, -0.25) is 4.98 Å². The first kappa shape index (κ1) is 15.6. The molecule has 1 atom stereocenters. The van der Waals surface area contributed by atoms with Crippen molar-refractivity contribution in [3.8, 4) is 11.5 Å². The fourth-order valence-corrected chi connectivity index (χ4v) is 3.33. The number of pyridine rings is 1. The fourth-order valence-electron chi connectivity index (χ4n) is 3.33. The maximum atomic E-state index is 4.77. The molecule has 0 bridgehead atoms. The summed E-state index contributed by atoms with van der Waals surface area (Å²) in [6.07, 6.45) is 5.71. The molecule has 6 heteroatoms. The summed E-state index contributed by atoms with van der Waals surface area (Å²) >= 11 is 0. The van der Waals surface area contributed by atoms with E-state index in [0.717, 1.165) is 48.1 Å². The Morgan fingerprint density at radius 3 is 2.56 bits per heavy atom. The van der Waals surface area contributed by atoms with Crippen molar-refractivity contribution in [2.24, 2.45) is 0 Å². The lowest BCUT2D eigenvalue weighted by Gasteiger charge is -2.24. The Morgan fingerprint density at radius 1 is 0.960 bits per heavy atom. The number of anilines is 1. The summed E-state index contributed by atoms with van der Waals surface area (Å²) in [4.78, 5) is 25.0. The van der Waals surface area contributed by atoms with Crippen LogP contribution < -0.4 is 4.90 Å². The van der Waals surface area contributed by atoms with Gasteiger partial charge in [-0.2, -0.15) is 0 Å². The van der Waals surface area contributed by atoms with Gasteiger partial charge >= 0.3 is 0 Å². The maximum Gasteiger partial charge on any atom is 0.226 e. The molecule has 1 fully saturated rings. The molecular weight excluding hydrogens is 312 g/mol. The van der Waals surface area contributed by atoms with E-state index in [4.69, 9.17) is 4.98 Å². The van der Waals surface area contributed by atoms with Crippen molar-refractivity contribution in [3.63, 3.8) is 0 Å². The first-order valence-corrected chi connectivity index (χ1v) is 8.54. The Hall–Kier alpha value is -2.89. The maximum absolute atomic E-state index is 4.77. The quantitative estimate of drug-likeness (QED) is 0.733. The molecule has 0 unspecified atom stereocenters. The average molecular weight is 332 g/mol. The Labute approximate surface area is 147 Å². The van der Waals surface area contributed by atoms with Crippen LogP contribution in [0.3, 0.4) is 0 Å². The minimum Gasteiger partial charge on any atom is -0.332 e. The molecule has 0 N–H and O–H groups in total. The van der Waals surface area contributed by atoms with E-state index in [-0.39, 0.29) is 6.04 Å². The Kier molecular flexibility index (Phi) is 4.09. The predicted molar refractivity (Wildman–Crippen MR) is 96.1 cm³/mol. The molecule has 6 nitrogen and oxygen atoms in total. The van der Waals surface area contributed by atoms with Crippen LogP contribution in [-0.4, -0.2) is 31.5 Å². The summed E-state index contributed by atoms with van der Waals surface area (Å²) < 4.78 is 0. The second kappa shape index (κ2) is 6.55. The molecule has 3 aromatic rings. The molecule has 1 aliphatic rings. The van der Waals surface area contributed by atoms with E-state index in [1.54, 1.807) is 6.20 Å². The minimum atomic E-state index is 0.173. The number of hydrogen-bond acceptors (Lipinski definition) is 6. The molecule has 1 saturated heterocycles. The highest BCUT2D eigenvalue weighted by molar-refractivity contribution is 5.49. The summed E-state index contributed by atoms with van der Waals surface area (Å²) in [5.41, 5.74) is 3.77. The summed E-state index contributed by atoms with van der Waals surface area (Å²) in [5.74, 6) is 1.45. The topological polar surface area (TPSA) is 67.7 Å². The lowest BCUT2D eigenvalue weighted by molar-refractivity contribution is 0.675. The van der Waals surface area contributed by atoms with Gasteiger partial charge in [-0.25, -0.2) is 19.9 Å². The molecular formula is C19H20N6. The van der Waals surface area contributed by atoms with Crippen molar-refractivity contribution in [2.45, 2.75) is 32.7 Å². The molecule has 0 amide bonds. The van der Waals surface area contributed by atoms with Crippen LogP contribution in [0.25, 0.3) is 11.5 Å². The van der Waals surface area contributed by atoms with E-state index in [1.165, 1.54) is 0 Å². The normalized spacial score (nSPS) is 17.0. The molecule has 0 radical (unpaired) electrons. The molecule has 0 spiro atoms. The lowest BCUT2D eigenvalue weighted by atomic mass is 10.1. The largest absolute Gasteiger partial charge is 0.332 e. The summed E-state index contributed by atoms with van der Waals surface area (Å²) in [7, 11) is 0. The highest BCUT2D eigenvalue weighted by Gasteiger charge is 2.29. The smallest absolute Gasteiger partial charge is 0.226 e. The van der Waals surface area contributed by atoms with Gasteiger partial charge in [-0.1, -0.05) is 6.07 Å². The van der Waals surface area contributed by atoms with Crippen LogP contribution in [0.2, 0.25) is 0 Å². The van der Waals surface area contributed by atoms with E-state index < -0.39 is 0 Å². The van der Waals surface area contributed by atoms with E-state index in [1.807, 2.05) is 50.4 Å². The molecule has 4 rings (SSSR count). The van der Waals surface area contributed by atoms with Crippen molar-refractivity contribution >= 4 is 5.95 Å².